The van der Waals surface area contributed by atoms with Crippen LogP contribution in [0.4, 0.5) is 11.4 Å². The van der Waals surface area contributed by atoms with Crippen molar-refractivity contribution in [2.75, 3.05) is 0 Å². The van der Waals surface area contributed by atoms with Crippen molar-refractivity contribution < 1.29 is 4.92 Å². The average Bonchev–Trinajstić information content (AvgIpc) is 2.86. The Labute approximate surface area is 152 Å². The lowest BCUT2D eigenvalue weighted by Crippen LogP contribution is -2.00. The molecule has 3 rings (SSSR count). The molecule has 0 spiro atoms. The Morgan fingerprint density at radius 2 is 1.69 bits per heavy atom. The van der Waals surface area contributed by atoms with Gasteiger partial charge in [-0.1, -0.05) is 12.1 Å². The Bertz CT molecular complexity index is 996. The molecule has 26 heavy (non-hydrogen) atoms. The topological polar surface area (TPSA) is 60.4 Å². The molecule has 0 amide bonds. The molecule has 132 valence electrons. The summed E-state index contributed by atoms with van der Waals surface area (Å²) in [6, 6.07) is 14.9. The summed E-state index contributed by atoms with van der Waals surface area (Å²) in [6.07, 6.45) is 1.85. The summed E-state index contributed by atoms with van der Waals surface area (Å²) in [5, 5.41) is 11.0. The van der Waals surface area contributed by atoms with Crippen LogP contribution in [0.5, 0.6) is 0 Å². The highest BCUT2D eigenvalue weighted by molar-refractivity contribution is 5.84. The summed E-state index contributed by atoms with van der Waals surface area (Å²) in [7, 11) is 0. The molecule has 0 atom stereocenters. The number of nitrogens with zero attached hydrogens (tertiary/aromatic N) is 3. The highest BCUT2D eigenvalue weighted by Gasteiger charge is 2.12. The van der Waals surface area contributed by atoms with Gasteiger partial charge in [0, 0.05) is 35.3 Å². The standard InChI is InChI=1S/C21H21N3O2/c1-14-8-15(2)10-19(9-14)22-13-18-11-16(3)23(17(18)4)20-6-5-7-21(12-20)24(25)26/h5-13H,1-4H3. The first kappa shape index (κ1) is 17.6. The van der Waals surface area contributed by atoms with Crippen molar-refractivity contribution in [3.05, 3.63) is 86.7 Å². The zero-order chi connectivity index (χ0) is 18.8. The van der Waals surface area contributed by atoms with E-state index in [1.165, 1.54) is 17.2 Å². The van der Waals surface area contributed by atoms with Crippen molar-refractivity contribution in [1.29, 1.82) is 0 Å². The van der Waals surface area contributed by atoms with Crippen LogP contribution in [0.2, 0.25) is 0 Å². The lowest BCUT2D eigenvalue weighted by molar-refractivity contribution is -0.384. The molecule has 0 fully saturated rings. The van der Waals surface area contributed by atoms with E-state index in [4.69, 9.17) is 0 Å². The number of non-ortho nitro benzene ring substituents is 1. The van der Waals surface area contributed by atoms with Gasteiger partial charge in [0.2, 0.25) is 0 Å². The number of nitro groups is 1. The van der Waals surface area contributed by atoms with E-state index in [1.807, 2.05) is 48.9 Å². The van der Waals surface area contributed by atoms with Gasteiger partial charge in [0.25, 0.3) is 5.69 Å². The van der Waals surface area contributed by atoms with E-state index in [0.717, 1.165) is 28.3 Å². The maximum Gasteiger partial charge on any atom is 0.271 e. The molecule has 0 unspecified atom stereocenters. The van der Waals surface area contributed by atoms with Crippen LogP contribution in [0, 0.1) is 37.8 Å². The molecular weight excluding hydrogens is 326 g/mol. The van der Waals surface area contributed by atoms with Gasteiger partial charge >= 0.3 is 0 Å². The van der Waals surface area contributed by atoms with Gasteiger partial charge < -0.3 is 4.57 Å². The predicted octanol–water partition coefficient (Wildman–Crippen LogP) is 5.37. The van der Waals surface area contributed by atoms with E-state index < -0.39 is 0 Å². The number of aliphatic imine (C=N–C) groups is 1. The van der Waals surface area contributed by atoms with Crippen LogP contribution in [-0.2, 0) is 0 Å². The highest BCUT2D eigenvalue weighted by Crippen LogP contribution is 2.24. The predicted molar refractivity (Wildman–Crippen MR) is 105 cm³/mol. The second-order valence-corrected chi connectivity index (χ2v) is 6.54. The first-order valence-electron chi connectivity index (χ1n) is 8.41. The van der Waals surface area contributed by atoms with Gasteiger partial charge in [-0.2, -0.15) is 0 Å². The molecular formula is C21H21N3O2. The molecule has 0 saturated heterocycles. The molecule has 5 nitrogen and oxygen atoms in total. The molecule has 0 aliphatic heterocycles. The van der Waals surface area contributed by atoms with Crippen molar-refractivity contribution in [3.63, 3.8) is 0 Å². The lowest BCUT2D eigenvalue weighted by atomic mass is 10.1. The van der Waals surface area contributed by atoms with E-state index in [-0.39, 0.29) is 10.6 Å². The van der Waals surface area contributed by atoms with E-state index in [2.05, 4.69) is 24.9 Å². The van der Waals surface area contributed by atoms with Crippen molar-refractivity contribution in [2.45, 2.75) is 27.7 Å². The maximum absolute atomic E-state index is 11.0. The summed E-state index contributed by atoms with van der Waals surface area (Å²) >= 11 is 0. The van der Waals surface area contributed by atoms with Gasteiger partial charge in [-0.25, -0.2) is 0 Å². The molecule has 0 N–H and O–H groups in total. The van der Waals surface area contributed by atoms with Crippen LogP contribution in [0.25, 0.3) is 5.69 Å². The fraction of sp³-hybridized carbons (Fsp3) is 0.190. The lowest BCUT2D eigenvalue weighted by Gasteiger charge is -2.09. The van der Waals surface area contributed by atoms with Gasteiger partial charge in [0.1, 0.15) is 0 Å². The fourth-order valence-corrected chi connectivity index (χ4v) is 3.23. The van der Waals surface area contributed by atoms with Crippen molar-refractivity contribution in [1.82, 2.24) is 4.57 Å². The minimum absolute atomic E-state index is 0.0838. The number of nitro benzene ring substituents is 1. The summed E-state index contributed by atoms with van der Waals surface area (Å²) in [6.45, 7) is 8.09. The van der Waals surface area contributed by atoms with Crippen LogP contribution >= 0.6 is 0 Å². The fourth-order valence-electron chi connectivity index (χ4n) is 3.23. The maximum atomic E-state index is 11.0. The molecule has 0 aliphatic carbocycles. The SMILES string of the molecule is Cc1cc(C)cc(N=Cc2cc(C)n(-c3cccc([N+](=O)[O-])c3)c2C)c1. The minimum atomic E-state index is -0.375. The number of hydrogen-bond acceptors (Lipinski definition) is 3. The minimum Gasteiger partial charge on any atom is -0.318 e. The zero-order valence-corrected chi connectivity index (χ0v) is 15.4. The third-order valence-corrected chi connectivity index (χ3v) is 4.33. The Morgan fingerprint density at radius 1 is 1.00 bits per heavy atom. The van der Waals surface area contributed by atoms with E-state index in [0.29, 0.717) is 0 Å². The summed E-state index contributed by atoms with van der Waals surface area (Å²) in [4.78, 5) is 15.3. The van der Waals surface area contributed by atoms with Gasteiger partial charge in [-0.05, 0) is 63.1 Å². The second kappa shape index (κ2) is 6.96. The molecule has 0 saturated carbocycles. The largest absolute Gasteiger partial charge is 0.318 e. The van der Waals surface area contributed by atoms with Crippen molar-refractivity contribution in [2.24, 2.45) is 4.99 Å². The smallest absolute Gasteiger partial charge is 0.271 e. The number of aromatic nitrogens is 1. The normalized spacial score (nSPS) is 11.2. The Hall–Kier alpha value is -3.21. The molecule has 2 aromatic carbocycles. The van der Waals surface area contributed by atoms with Crippen molar-refractivity contribution >= 4 is 17.6 Å². The van der Waals surface area contributed by atoms with Crippen molar-refractivity contribution in [3.8, 4) is 5.69 Å². The van der Waals surface area contributed by atoms with E-state index in [9.17, 15) is 10.1 Å². The van der Waals surface area contributed by atoms with Crippen LogP contribution in [0.15, 0.2) is 53.5 Å². The summed E-state index contributed by atoms with van der Waals surface area (Å²) in [5.41, 5.74) is 7.14. The summed E-state index contributed by atoms with van der Waals surface area (Å²) < 4.78 is 2.01. The molecule has 0 aliphatic rings. The monoisotopic (exact) mass is 347 g/mol. The number of aryl methyl sites for hydroxylation is 3. The van der Waals surface area contributed by atoms with Crippen LogP contribution in [0.1, 0.15) is 28.1 Å². The number of benzene rings is 2. The first-order valence-corrected chi connectivity index (χ1v) is 8.41. The third-order valence-electron chi connectivity index (χ3n) is 4.33. The zero-order valence-electron chi connectivity index (χ0n) is 15.4. The Morgan fingerprint density at radius 3 is 2.35 bits per heavy atom. The van der Waals surface area contributed by atoms with E-state index in [1.54, 1.807) is 12.1 Å². The van der Waals surface area contributed by atoms with Gasteiger partial charge in [0.15, 0.2) is 0 Å². The van der Waals surface area contributed by atoms with Crippen LogP contribution in [-0.4, -0.2) is 15.7 Å². The average molecular weight is 347 g/mol. The molecule has 5 heteroatoms. The first-order chi connectivity index (χ1) is 12.3. The molecule has 0 radical (unpaired) electrons. The Balaban J connectivity index is 1.99. The quantitative estimate of drug-likeness (QED) is 0.362. The van der Waals surface area contributed by atoms with E-state index >= 15 is 0 Å². The molecule has 0 bridgehead atoms. The molecule has 1 heterocycles. The van der Waals surface area contributed by atoms with Crippen LogP contribution < -0.4 is 0 Å². The Kier molecular flexibility index (Phi) is 4.71. The molecule has 3 aromatic rings. The van der Waals surface area contributed by atoms with Gasteiger partial charge in [0.05, 0.1) is 16.3 Å². The van der Waals surface area contributed by atoms with Gasteiger partial charge in [-0.15, -0.1) is 0 Å². The van der Waals surface area contributed by atoms with Crippen LogP contribution in [0.3, 0.4) is 0 Å². The third kappa shape index (κ3) is 3.57. The summed E-state index contributed by atoms with van der Waals surface area (Å²) in [5.74, 6) is 0. The number of rotatable bonds is 4. The molecule has 1 aromatic heterocycles. The number of hydrogen-bond donors (Lipinski definition) is 0. The second-order valence-electron chi connectivity index (χ2n) is 6.54. The highest BCUT2D eigenvalue weighted by atomic mass is 16.6. The van der Waals surface area contributed by atoms with Gasteiger partial charge in [-0.3, -0.25) is 15.1 Å².